The van der Waals surface area contributed by atoms with Crippen LogP contribution in [0, 0.1) is 13.8 Å². The monoisotopic (exact) mass is 373 g/mol. The van der Waals surface area contributed by atoms with Crippen molar-refractivity contribution in [1.29, 1.82) is 0 Å². The Bertz CT molecular complexity index is 758. The molecule has 0 bridgehead atoms. The second-order valence-electron chi connectivity index (χ2n) is 5.97. The maximum atomic E-state index is 12.2. The smallest absolute Gasteiger partial charge is 0.312 e. The van der Waals surface area contributed by atoms with Gasteiger partial charge in [-0.25, -0.2) is 9.97 Å². The standard InChI is InChI=1S/C19H23N3O3S/c1-12-15(13(2)22-19(21-12)26-3)9-10-17(23)20-11-16(18(24)25)14-7-5-4-6-8-14/h4-8,16H,9-11H2,1-3H3,(H,20,23)(H,24,25). The Labute approximate surface area is 157 Å². The van der Waals surface area contributed by atoms with Crippen molar-refractivity contribution in [1.82, 2.24) is 15.3 Å². The van der Waals surface area contributed by atoms with Gasteiger partial charge in [-0.2, -0.15) is 0 Å². The Kier molecular flexibility index (Phi) is 7.15. The number of carboxylic acids is 1. The highest BCUT2D eigenvalue weighted by molar-refractivity contribution is 7.98. The number of carbonyl (C=O) groups excluding carboxylic acids is 1. The molecule has 1 aromatic heterocycles. The summed E-state index contributed by atoms with van der Waals surface area (Å²) in [6, 6.07) is 8.91. The van der Waals surface area contributed by atoms with Crippen molar-refractivity contribution in [3.63, 3.8) is 0 Å². The molecular formula is C19H23N3O3S. The Morgan fingerprint density at radius 1 is 1.15 bits per heavy atom. The normalized spacial score (nSPS) is 11.8. The van der Waals surface area contributed by atoms with Gasteiger partial charge in [0.15, 0.2) is 5.16 Å². The van der Waals surface area contributed by atoms with Crippen LogP contribution in [0.4, 0.5) is 0 Å². The van der Waals surface area contributed by atoms with E-state index in [0.717, 1.165) is 22.1 Å². The molecule has 1 amide bonds. The van der Waals surface area contributed by atoms with Crippen LogP contribution in [0.2, 0.25) is 0 Å². The van der Waals surface area contributed by atoms with Gasteiger partial charge >= 0.3 is 5.97 Å². The molecule has 2 aromatic rings. The Balaban J connectivity index is 1.94. The van der Waals surface area contributed by atoms with Crippen LogP contribution in [0.5, 0.6) is 0 Å². The first-order chi connectivity index (χ1) is 12.4. The summed E-state index contributed by atoms with van der Waals surface area (Å²) in [5, 5.41) is 12.9. The molecular weight excluding hydrogens is 350 g/mol. The molecule has 7 heteroatoms. The number of aliphatic carboxylic acids is 1. The van der Waals surface area contributed by atoms with E-state index in [4.69, 9.17) is 0 Å². The van der Waals surface area contributed by atoms with Gasteiger partial charge < -0.3 is 10.4 Å². The number of carbonyl (C=O) groups is 2. The average molecular weight is 373 g/mol. The van der Waals surface area contributed by atoms with Crippen LogP contribution in [-0.4, -0.2) is 39.8 Å². The van der Waals surface area contributed by atoms with Crippen LogP contribution < -0.4 is 5.32 Å². The molecule has 0 fully saturated rings. The van der Waals surface area contributed by atoms with E-state index in [1.807, 2.05) is 26.2 Å². The van der Waals surface area contributed by atoms with Crippen LogP contribution in [0.1, 0.15) is 34.9 Å². The van der Waals surface area contributed by atoms with Gasteiger partial charge in [-0.15, -0.1) is 0 Å². The van der Waals surface area contributed by atoms with E-state index in [1.165, 1.54) is 11.8 Å². The third-order valence-corrected chi connectivity index (χ3v) is 4.74. The average Bonchev–Trinajstić information content (AvgIpc) is 2.61. The van der Waals surface area contributed by atoms with Gasteiger partial charge in [-0.3, -0.25) is 9.59 Å². The molecule has 0 aliphatic rings. The van der Waals surface area contributed by atoms with E-state index in [0.29, 0.717) is 12.0 Å². The number of thioether (sulfide) groups is 1. The van der Waals surface area contributed by atoms with Gasteiger partial charge in [0, 0.05) is 24.4 Å². The second kappa shape index (κ2) is 9.33. The number of benzene rings is 1. The summed E-state index contributed by atoms with van der Waals surface area (Å²) < 4.78 is 0. The summed E-state index contributed by atoms with van der Waals surface area (Å²) >= 11 is 1.49. The number of carboxylic acid groups (broad SMARTS) is 1. The summed E-state index contributed by atoms with van der Waals surface area (Å²) in [7, 11) is 0. The molecule has 26 heavy (non-hydrogen) atoms. The summed E-state index contributed by atoms with van der Waals surface area (Å²) in [4.78, 5) is 32.5. The van der Waals surface area contributed by atoms with E-state index in [2.05, 4.69) is 15.3 Å². The van der Waals surface area contributed by atoms with Crippen molar-refractivity contribution >= 4 is 23.6 Å². The number of aryl methyl sites for hydroxylation is 2. The van der Waals surface area contributed by atoms with E-state index < -0.39 is 11.9 Å². The van der Waals surface area contributed by atoms with Crippen molar-refractivity contribution in [2.24, 2.45) is 0 Å². The lowest BCUT2D eigenvalue weighted by Crippen LogP contribution is -2.31. The van der Waals surface area contributed by atoms with Crippen LogP contribution in [0.15, 0.2) is 35.5 Å². The third-order valence-electron chi connectivity index (χ3n) is 4.19. The molecule has 0 aliphatic carbocycles. The van der Waals surface area contributed by atoms with Crippen LogP contribution in [0.3, 0.4) is 0 Å². The molecule has 0 saturated carbocycles. The summed E-state index contributed by atoms with van der Waals surface area (Å²) in [6.07, 6.45) is 2.72. The fourth-order valence-electron chi connectivity index (χ4n) is 2.74. The van der Waals surface area contributed by atoms with Crippen molar-refractivity contribution < 1.29 is 14.7 Å². The molecule has 138 valence electrons. The summed E-state index contributed by atoms with van der Waals surface area (Å²) in [6.45, 7) is 3.90. The number of amides is 1. The topological polar surface area (TPSA) is 92.2 Å². The summed E-state index contributed by atoms with van der Waals surface area (Å²) in [5.41, 5.74) is 3.40. The van der Waals surface area contributed by atoms with Crippen LogP contribution >= 0.6 is 11.8 Å². The van der Waals surface area contributed by atoms with Gasteiger partial charge in [0.25, 0.3) is 0 Å². The van der Waals surface area contributed by atoms with Crippen LogP contribution in [0.25, 0.3) is 0 Å². The Morgan fingerprint density at radius 3 is 2.31 bits per heavy atom. The number of hydrogen-bond acceptors (Lipinski definition) is 5. The van der Waals surface area contributed by atoms with Crippen molar-refractivity contribution in [3.8, 4) is 0 Å². The summed E-state index contributed by atoms with van der Waals surface area (Å²) in [5.74, 6) is -1.89. The fraction of sp³-hybridized carbons (Fsp3) is 0.368. The van der Waals surface area contributed by atoms with Crippen LogP contribution in [-0.2, 0) is 16.0 Å². The van der Waals surface area contributed by atoms with E-state index >= 15 is 0 Å². The van der Waals surface area contributed by atoms with Crippen molar-refractivity contribution in [3.05, 3.63) is 52.8 Å². The molecule has 6 nitrogen and oxygen atoms in total. The Morgan fingerprint density at radius 2 is 1.77 bits per heavy atom. The number of nitrogens with zero attached hydrogens (tertiary/aromatic N) is 2. The molecule has 1 heterocycles. The zero-order valence-electron chi connectivity index (χ0n) is 15.2. The molecule has 2 rings (SSSR count). The predicted molar refractivity (Wildman–Crippen MR) is 101 cm³/mol. The minimum atomic E-state index is -0.954. The molecule has 0 spiro atoms. The highest BCUT2D eigenvalue weighted by Crippen LogP contribution is 2.18. The minimum absolute atomic E-state index is 0.0675. The highest BCUT2D eigenvalue weighted by Gasteiger charge is 2.20. The largest absolute Gasteiger partial charge is 0.481 e. The molecule has 0 saturated heterocycles. The van der Waals surface area contributed by atoms with Gasteiger partial charge in [-0.05, 0) is 37.7 Å². The minimum Gasteiger partial charge on any atom is -0.481 e. The quantitative estimate of drug-likeness (QED) is 0.546. The van der Waals surface area contributed by atoms with E-state index in [9.17, 15) is 14.7 Å². The molecule has 0 aliphatic heterocycles. The molecule has 1 aromatic carbocycles. The lowest BCUT2D eigenvalue weighted by Gasteiger charge is -2.14. The Hall–Kier alpha value is -2.41. The maximum Gasteiger partial charge on any atom is 0.312 e. The van der Waals surface area contributed by atoms with Gasteiger partial charge in [-0.1, -0.05) is 42.1 Å². The fourth-order valence-corrected chi connectivity index (χ4v) is 3.19. The lowest BCUT2D eigenvalue weighted by atomic mass is 9.99. The SMILES string of the molecule is CSc1nc(C)c(CCC(=O)NCC(C(=O)O)c2ccccc2)c(C)n1. The molecule has 1 atom stereocenters. The lowest BCUT2D eigenvalue weighted by molar-refractivity contribution is -0.138. The molecule has 0 radical (unpaired) electrons. The first kappa shape index (κ1) is 19.9. The van der Waals surface area contributed by atoms with Gasteiger partial charge in [0.05, 0.1) is 5.92 Å². The van der Waals surface area contributed by atoms with E-state index in [-0.39, 0.29) is 18.9 Å². The number of rotatable bonds is 8. The van der Waals surface area contributed by atoms with Crippen molar-refractivity contribution in [2.45, 2.75) is 37.8 Å². The highest BCUT2D eigenvalue weighted by atomic mass is 32.2. The number of nitrogens with one attached hydrogen (secondary N) is 1. The number of hydrogen-bond donors (Lipinski definition) is 2. The first-order valence-electron chi connectivity index (χ1n) is 8.35. The third kappa shape index (κ3) is 5.29. The molecule has 1 unspecified atom stereocenters. The van der Waals surface area contributed by atoms with Gasteiger partial charge in [0.1, 0.15) is 0 Å². The maximum absolute atomic E-state index is 12.2. The number of aromatic nitrogens is 2. The predicted octanol–water partition coefficient (Wildman–Crippen LogP) is 2.73. The second-order valence-corrected chi connectivity index (χ2v) is 6.74. The first-order valence-corrected chi connectivity index (χ1v) is 9.57. The zero-order chi connectivity index (χ0) is 19.1. The zero-order valence-corrected chi connectivity index (χ0v) is 16.0. The van der Waals surface area contributed by atoms with E-state index in [1.54, 1.807) is 24.3 Å². The molecule has 2 N–H and O–H groups in total. The van der Waals surface area contributed by atoms with Gasteiger partial charge in [0.2, 0.25) is 5.91 Å². The van der Waals surface area contributed by atoms with Crippen molar-refractivity contribution in [2.75, 3.05) is 12.8 Å².